The Morgan fingerprint density at radius 3 is 2.85 bits per heavy atom. The number of ether oxygens (including phenoxy) is 2. The van der Waals surface area contributed by atoms with Crippen LogP contribution in [0.15, 0.2) is 18.2 Å². The Hall–Kier alpha value is -1.75. The van der Waals surface area contributed by atoms with Crippen LogP contribution in [0, 0.1) is 5.92 Å². The smallest absolute Gasteiger partial charge is 0.257 e. The SMILES string of the molecule is COc1ccc(C(=O)N2CCC(CCO)C2)c(OC)c1. The van der Waals surface area contributed by atoms with Gasteiger partial charge in [-0.1, -0.05) is 0 Å². The highest BCUT2D eigenvalue weighted by atomic mass is 16.5. The van der Waals surface area contributed by atoms with Gasteiger partial charge in [0.05, 0.1) is 19.8 Å². The minimum Gasteiger partial charge on any atom is -0.497 e. The molecule has 1 fully saturated rings. The molecule has 1 aromatic carbocycles. The van der Waals surface area contributed by atoms with Crippen LogP contribution in [0.2, 0.25) is 0 Å². The number of nitrogens with zero attached hydrogens (tertiary/aromatic N) is 1. The highest BCUT2D eigenvalue weighted by molar-refractivity contribution is 5.97. The van der Waals surface area contributed by atoms with Gasteiger partial charge in [0.25, 0.3) is 5.91 Å². The summed E-state index contributed by atoms with van der Waals surface area (Å²) < 4.78 is 10.4. The summed E-state index contributed by atoms with van der Waals surface area (Å²) in [6, 6.07) is 5.21. The van der Waals surface area contributed by atoms with Crippen LogP contribution < -0.4 is 9.47 Å². The van der Waals surface area contributed by atoms with Crippen molar-refractivity contribution in [2.24, 2.45) is 5.92 Å². The lowest BCUT2D eigenvalue weighted by molar-refractivity contribution is 0.0781. The van der Waals surface area contributed by atoms with Gasteiger partial charge in [0.15, 0.2) is 0 Å². The van der Waals surface area contributed by atoms with E-state index in [0.29, 0.717) is 29.5 Å². The van der Waals surface area contributed by atoms with Gasteiger partial charge < -0.3 is 19.5 Å². The van der Waals surface area contributed by atoms with Crippen LogP contribution in [0.4, 0.5) is 0 Å². The molecule has 1 N–H and O–H groups in total. The number of amides is 1. The van der Waals surface area contributed by atoms with E-state index in [0.717, 1.165) is 19.4 Å². The summed E-state index contributed by atoms with van der Waals surface area (Å²) in [6.45, 7) is 1.62. The first-order valence-corrected chi connectivity index (χ1v) is 6.81. The van der Waals surface area contributed by atoms with Gasteiger partial charge in [-0.25, -0.2) is 0 Å². The van der Waals surface area contributed by atoms with Crippen molar-refractivity contribution in [3.05, 3.63) is 23.8 Å². The van der Waals surface area contributed by atoms with Gasteiger partial charge in [-0.3, -0.25) is 4.79 Å². The maximum absolute atomic E-state index is 12.5. The molecule has 0 aromatic heterocycles. The van der Waals surface area contributed by atoms with Gasteiger partial charge in [-0.05, 0) is 30.9 Å². The van der Waals surface area contributed by atoms with Crippen molar-refractivity contribution in [2.45, 2.75) is 12.8 Å². The second kappa shape index (κ2) is 6.61. The number of aliphatic hydroxyl groups is 1. The Balaban J connectivity index is 2.13. The number of rotatable bonds is 5. The van der Waals surface area contributed by atoms with E-state index in [1.165, 1.54) is 0 Å². The van der Waals surface area contributed by atoms with Crippen molar-refractivity contribution < 1.29 is 19.4 Å². The maximum atomic E-state index is 12.5. The average molecular weight is 279 g/mol. The molecule has 1 saturated heterocycles. The molecular weight excluding hydrogens is 258 g/mol. The fourth-order valence-corrected chi connectivity index (χ4v) is 2.58. The molecule has 1 aliphatic heterocycles. The number of methoxy groups -OCH3 is 2. The van der Waals surface area contributed by atoms with Crippen LogP contribution in [-0.4, -0.2) is 49.8 Å². The summed E-state index contributed by atoms with van der Waals surface area (Å²) >= 11 is 0. The minimum absolute atomic E-state index is 0.0232. The third kappa shape index (κ3) is 3.04. The van der Waals surface area contributed by atoms with E-state index in [9.17, 15) is 4.79 Å². The molecule has 5 heteroatoms. The fourth-order valence-electron chi connectivity index (χ4n) is 2.58. The van der Waals surface area contributed by atoms with Gasteiger partial charge in [-0.15, -0.1) is 0 Å². The van der Waals surface area contributed by atoms with E-state index < -0.39 is 0 Å². The van der Waals surface area contributed by atoms with Crippen molar-refractivity contribution in [3.63, 3.8) is 0 Å². The number of likely N-dealkylation sites (tertiary alicyclic amines) is 1. The van der Waals surface area contributed by atoms with Crippen LogP contribution in [-0.2, 0) is 0 Å². The molecule has 0 spiro atoms. The number of carbonyl (C=O) groups excluding carboxylic acids is 1. The lowest BCUT2D eigenvalue weighted by Gasteiger charge is -2.18. The number of carbonyl (C=O) groups is 1. The van der Waals surface area contributed by atoms with Crippen molar-refractivity contribution in [1.29, 1.82) is 0 Å². The maximum Gasteiger partial charge on any atom is 0.257 e. The average Bonchev–Trinajstić information content (AvgIpc) is 2.94. The second-order valence-corrected chi connectivity index (χ2v) is 4.98. The Morgan fingerprint density at radius 2 is 2.20 bits per heavy atom. The van der Waals surface area contributed by atoms with Crippen molar-refractivity contribution >= 4 is 5.91 Å². The number of benzene rings is 1. The zero-order chi connectivity index (χ0) is 14.5. The van der Waals surface area contributed by atoms with E-state index in [2.05, 4.69) is 0 Å². The Kier molecular flexibility index (Phi) is 4.84. The molecule has 5 nitrogen and oxygen atoms in total. The van der Waals surface area contributed by atoms with Crippen LogP contribution in [0.1, 0.15) is 23.2 Å². The predicted octanol–water partition coefficient (Wildman–Crippen LogP) is 1.55. The predicted molar refractivity (Wildman–Crippen MR) is 75.3 cm³/mol. The molecule has 0 saturated carbocycles. The summed E-state index contributed by atoms with van der Waals surface area (Å²) in [5, 5.41) is 8.97. The third-order valence-corrected chi connectivity index (χ3v) is 3.75. The normalized spacial score (nSPS) is 18.1. The highest BCUT2D eigenvalue weighted by Crippen LogP contribution is 2.28. The van der Waals surface area contributed by atoms with Gasteiger partial charge in [0.2, 0.25) is 0 Å². The zero-order valence-electron chi connectivity index (χ0n) is 12.0. The Bertz CT molecular complexity index is 475. The molecule has 20 heavy (non-hydrogen) atoms. The quantitative estimate of drug-likeness (QED) is 0.888. The van der Waals surface area contributed by atoms with Gasteiger partial charge in [-0.2, -0.15) is 0 Å². The minimum atomic E-state index is -0.0232. The lowest BCUT2D eigenvalue weighted by atomic mass is 10.1. The fraction of sp³-hybridized carbons (Fsp3) is 0.533. The molecule has 0 radical (unpaired) electrons. The molecule has 1 aromatic rings. The van der Waals surface area contributed by atoms with Crippen LogP contribution in [0.3, 0.4) is 0 Å². The molecule has 1 unspecified atom stereocenters. The molecule has 1 aliphatic rings. The molecule has 0 bridgehead atoms. The monoisotopic (exact) mass is 279 g/mol. The summed E-state index contributed by atoms with van der Waals surface area (Å²) in [7, 11) is 3.13. The largest absolute Gasteiger partial charge is 0.497 e. The lowest BCUT2D eigenvalue weighted by Crippen LogP contribution is -2.29. The van der Waals surface area contributed by atoms with Gasteiger partial charge in [0.1, 0.15) is 11.5 Å². The van der Waals surface area contributed by atoms with Crippen molar-refractivity contribution in [3.8, 4) is 11.5 Å². The number of aliphatic hydroxyl groups excluding tert-OH is 1. The van der Waals surface area contributed by atoms with E-state index in [1.54, 1.807) is 32.4 Å². The summed E-state index contributed by atoms with van der Waals surface area (Å²) in [6.07, 6.45) is 1.70. The first-order valence-electron chi connectivity index (χ1n) is 6.81. The Labute approximate surface area is 119 Å². The molecule has 1 atom stereocenters. The molecular formula is C15H21NO4. The summed E-state index contributed by atoms with van der Waals surface area (Å²) in [4.78, 5) is 14.3. The van der Waals surface area contributed by atoms with Crippen LogP contribution >= 0.6 is 0 Å². The molecule has 110 valence electrons. The first kappa shape index (κ1) is 14.7. The van der Waals surface area contributed by atoms with Gasteiger partial charge >= 0.3 is 0 Å². The molecule has 2 rings (SSSR count). The molecule has 0 aliphatic carbocycles. The summed E-state index contributed by atoms with van der Waals surface area (Å²) in [5.41, 5.74) is 0.554. The second-order valence-electron chi connectivity index (χ2n) is 4.98. The van der Waals surface area contributed by atoms with E-state index in [1.807, 2.05) is 4.90 Å². The third-order valence-electron chi connectivity index (χ3n) is 3.75. The van der Waals surface area contributed by atoms with E-state index >= 15 is 0 Å². The van der Waals surface area contributed by atoms with Crippen molar-refractivity contribution in [1.82, 2.24) is 4.90 Å². The standard InChI is InChI=1S/C15H21NO4/c1-19-12-3-4-13(14(9-12)20-2)15(18)16-7-5-11(10-16)6-8-17/h3-4,9,11,17H,5-8,10H2,1-2H3. The van der Waals surface area contributed by atoms with Gasteiger partial charge in [0, 0.05) is 25.8 Å². The number of hydrogen-bond acceptors (Lipinski definition) is 4. The summed E-state index contributed by atoms with van der Waals surface area (Å²) in [5.74, 6) is 1.57. The first-order chi connectivity index (χ1) is 9.69. The van der Waals surface area contributed by atoms with Crippen LogP contribution in [0.25, 0.3) is 0 Å². The number of hydrogen-bond donors (Lipinski definition) is 1. The molecule has 1 heterocycles. The topological polar surface area (TPSA) is 59.0 Å². The van der Waals surface area contributed by atoms with Crippen molar-refractivity contribution in [2.75, 3.05) is 33.9 Å². The van der Waals surface area contributed by atoms with E-state index in [-0.39, 0.29) is 12.5 Å². The zero-order valence-corrected chi connectivity index (χ0v) is 12.0. The van der Waals surface area contributed by atoms with E-state index in [4.69, 9.17) is 14.6 Å². The molecule has 1 amide bonds. The highest BCUT2D eigenvalue weighted by Gasteiger charge is 2.28. The Morgan fingerprint density at radius 1 is 1.40 bits per heavy atom. The van der Waals surface area contributed by atoms with Crippen LogP contribution in [0.5, 0.6) is 11.5 Å².